The lowest BCUT2D eigenvalue weighted by molar-refractivity contribution is 0.0746. The Morgan fingerprint density at radius 1 is 1.07 bits per heavy atom. The molecule has 148 valence electrons. The van der Waals surface area contributed by atoms with Crippen LogP contribution >= 0.6 is 0 Å². The molecule has 0 aliphatic heterocycles. The van der Waals surface area contributed by atoms with E-state index < -0.39 is 5.60 Å². The van der Waals surface area contributed by atoms with E-state index in [-0.39, 0.29) is 5.41 Å². The van der Waals surface area contributed by atoms with Crippen molar-refractivity contribution in [2.24, 2.45) is 5.41 Å². The lowest BCUT2D eigenvalue weighted by atomic mass is 9.95. The van der Waals surface area contributed by atoms with Crippen LogP contribution in [0.1, 0.15) is 45.9 Å². The first-order valence-corrected chi connectivity index (χ1v) is 9.55. The molecule has 0 aliphatic carbocycles. The van der Waals surface area contributed by atoms with Crippen LogP contribution in [-0.2, 0) is 5.60 Å². The molecule has 0 amide bonds. The fourth-order valence-electron chi connectivity index (χ4n) is 3.26. The van der Waals surface area contributed by atoms with Crippen LogP contribution in [0, 0.1) is 17.3 Å². The maximum atomic E-state index is 10.4. The number of rotatable bonds is 2. The number of benzene rings is 1. The van der Waals surface area contributed by atoms with Gasteiger partial charge >= 0.3 is 0 Å². The van der Waals surface area contributed by atoms with Crippen molar-refractivity contribution in [3.63, 3.8) is 0 Å². The number of anilines is 1. The molecular weight excluding hydrogens is 362 g/mol. The highest BCUT2D eigenvalue weighted by Crippen LogP contribution is 2.34. The maximum Gasteiger partial charge on any atom is 0.153 e. The number of aromatic amines is 2. The molecule has 4 aromatic rings. The van der Waals surface area contributed by atoms with Crippen LogP contribution in [0.3, 0.4) is 0 Å². The van der Waals surface area contributed by atoms with Crippen molar-refractivity contribution in [1.82, 2.24) is 20.2 Å². The second-order valence-electron chi connectivity index (χ2n) is 8.92. The number of H-pyrrole nitrogens is 2. The first-order valence-electron chi connectivity index (χ1n) is 9.55. The standard InChI is InChI=1S/C23H25N5O/c1-22(2,3)8-6-13-10-14(11-17-19(13)27-28-20(17)24)15-7-9-25-21-16(15)12-18(26-21)23(4,5)29/h7,9-12,29H,1-5H3,(H,25,26)(H3,24,27,28). The van der Waals surface area contributed by atoms with Crippen LogP contribution in [-0.4, -0.2) is 25.3 Å². The highest BCUT2D eigenvalue weighted by molar-refractivity contribution is 6.00. The monoisotopic (exact) mass is 387 g/mol. The average molecular weight is 387 g/mol. The molecule has 1 aromatic carbocycles. The van der Waals surface area contributed by atoms with Gasteiger partial charge in [-0.15, -0.1) is 0 Å². The molecule has 0 saturated heterocycles. The van der Waals surface area contributed by atoms with Gasteiger partial charge in [0.15, 0.2) is 5.82 Å². The molecule has 0 aliphatic rings. The van der Waals surface area contributed by atoms with E-state index in [1.54, 1.807) is 20.0 Å². The maximum absolute atomic E-state index is 10.4. The second-order valence-corrected chi connectivity index (χ2v) is 8.92. The number of pyridine rings is 1. The number of nitrogens with two attached hydrogens (primary N) is 1. The third-order valence-corrected chi connectivity index (χ3v) is 4.78. The highest BCUT2D eigenvalue weighted by Gasteiger charge is 2.20. The van der Waals surface area contributed by atoms with Crippen LogP contribution < -0.4 is 5.73 Å². The first kappa shape index (κ1) is 19.0. The molecule has 6 heteroatoms. The average Bonchev–Trinajstić information content (AvgIpc) is 3.23. The van der Waals surface area contributed by atoms with Gasteiger partial charge in [0.2, 0.25) is 0 Å². The molecule has 6 nitrogen and oxygen atoms in total. The number of aromatic nitrogens is 4. The van der Waals surface area contributed by atoms with Gasteiger partial charge in [0, 0.05) is 28.1 Å². The fraction of sp³-hybridized carbons (Fsp3) is 0.304. The molecule has 0 atom stereocenters. The summed E-state index contributed by atoms with van der Waals surface area (Å²) in [6.45, 7) is 9.72. The lowest BCUT2D eigenvalue weighted by Gasteiger charge is -2.14. The predicted octanol–water partition coefficient (Wildman–Crippen LogP) is 4.31. The van der Waals surface area contributed by atoms with Crippen LogP contribution in [0.2, 0.25) is 0 Å². The summed E-state index contributed by atoms with van der Waals surface area (Å²) in [5.41, 5.74) is 10.1. The van der Waals surface area contributed by atoms with Gasteiger partial charge in [0.25, 0.3) is 0 Å². The fourth-order valence-corrected chi connectivity index (χ4v) is 3.26. The number of nitrogens with zero attached hydrogens (tertiary/aromatic N) is 2. The molecule has 0 bridgehead atoms. The zero-order valence-electron chi connectivity index (χ0n) is 17.3. The van der Waals surface area contributed by atoms with Gasteiger partial charge in [0.1, 0.15) is 5.65 Å². The minimum atomic E-state index is -0.986. The SMILES string of the molecule is CC(C)(C)C#Cc1cc(-c2ccnc3[nH]c(C(C)(C)O)cc23)cc2c(N)n[nH]c12. The summed E-state index contributed by atoms with van der Waals surface area (Å²) in [6, 6.07) is 7.97. The summed E-state index contributed by atoms with van der Waals surface area (Å²) >= 11 is 0. The highest BCUT2D eigenvalue weighted by atomic mass is 16.3. The molecule has 3 aromatic heterocycles. The Morgan fingerprint density at radius 2 is 1.83 bits per heavy atom. The van der Waals surface area contributed by atoms with Crippen molar-refractivity contribution in [3.8, 4) is 23.0 Å². The smallest absolute Gasteiger partial charge is 0.153 e. The van der Waals surface area contributed by atoms with Crippen LogP contribution in [0.15, 0.2) is 30.5 Å². The van der Waals surface area contributed by atoms with Gasteiger partial charge in [-0.2, -0.15) is 5.10 Å². The lowest BCUT2D eigenvalue weighted by Crippen LogP contribution is -2.15. The molecule has 0 radical (unpaired) electrons. The van der Waals surface area contributed by atoms with E-state index in [9.17, 15) is 5.11 Å². The van der Waals surface area contributed by atoms with Crippen molar-refractivity contribution in [2.45, 2.75) is 40.2 Å². The molecular formula is C23H25N5O. The zero-order valence-corrected chi connectivity index (χ0v) is 17.3. The van der Waals surface area contributed by atoms with Crippen LogP contribution in [0.5, 0.6) is 0 Å². The van der Waals surface area contributed by atoms with E-state index in [0.29, 0.717) is 11.5 Å². The Balaban J connectivity index is 1.98. The number of hydrogen-bond acceptors (Lipinski definition) is 4. The first-order chi connectivity index (χ1) is 13.5. The minimum absolute atomic E-state index is 0.125. The predicted molar refractivity (Wildman–Crippen MR) is 117 cm³/mol. The van der Waals surface area contributed by atoms with Gasteiger partial charge in [0.05, 0.1) is 16.7 Å². The van der Waals surface area contributed by atoms with Gasteiger partial charge in [-0.05, 0) is 70.0 Å². The van der Waals surface area contributed by atoms with E-state index in [0.717, 1.165) is 38.6 Å². The molecule has 3 heterocycles. The Morgan fingerprint density at radius 3 is 2.52 bits per heavy atom. The number of nitrogens with one attached hydrogen (secondary N) is 2. The molecule has 5 N–H and O–H groups in total. The van der Waals surface area contributed by atoms with Gasteiger partial charge < -0.3 is 15.8 Å². The van der Waals surface area contributed by atoms with E-state index in [1.165, 1.54) is 0 Å². The van der Waals surface area contributed by atoms with Crippen molar-refractivity contribution >= 4 is 27.8 Å². The van der Waals surface area contributed by atoms with E-state index in [1.807, 2.05) is 24.3 Å². The number of nitrogen functional groups attached to an aromatic ring is 1. The zero-order chi connectivity index (χ0) is 21.0. The van der Waals surface area contributed by atoms with Gasteiger partial charge in [-0.3, -0.25) is 5.10 Å². The van der Waals surface area contributed by atoms with E-state index in [4.69, 9.17) is 5.73 Å². The normalized spacial score (nSPS) is 12.3. The minimum Gasteiger partial charge on any atom is -0.384 e. The molecule has 0 fully saturated rings. The molecule has 0 saturated carbocycles. The summed E-state index contributed by atoms with van der Waals surface area (Å²) < 4.78 is 0. The second kappa shape index (κ2) is 6.36. The summed E-state index contributed by atoms with van der Waals surface area (Å²) in [4.78, 5) is 7.64. The molecule has 29 heavy (non-hydrogen) atoms. The Bertz CT molecular complexity index is 1290. The molecule has 4 rings (SSSR count). The van der Waals surface area contributed by atoms with Crippen LogP contribution in [0.4, 0.5) is 5.82 Å². The van der Waals surface area contributed by atoms with Crippen LogP contribution in [0.25, 0.3) is 33.1 Å². The summed E-state index contributed by atoms with van der Waals surface area (Å²) in [5, 5.41) is 19.3. The van der Waals surface area contributed by atoms with E-state index >= 15 is 0 Å². The summed E-state index contributed by atoms with van der Waals surface area (Å²) in [6.07, 6.45) is 1.76. The largest absolute Gasteiger partial charge is 0.384 e. The Hall–Kier alpha value is -3.30. The molecule has 0 spiro atoms. The van der Waals surface area contributed by atoms with Gasteiger partial charge in [-0.1, -0.05) is 11.8 Å². The molecule has 0 unspecified atom stereocenters. The van der Waals surface area contributed by atoms with Gasteiger partial charge in [-0.25, -0.2) is 4.98 Å². The summed E-state index contributed by atoms with van der Waals surface area (Å²) in [7, 11) is 0. The number of hydrogen-bond donors (Lipinski definition) is 4. The number of fused-ring (bicyclic) bond motifs is 2. The van der Waals surface area contributed by atoms with Crippen molar-refractivity contribution in [2.75, 3.05) is 5.73 Å². The van der Waals surface area contributed by atoms with Crippen molar-refractivity contribution in [1.29, 1.82) is 0 Å². The van der Waals surface area contributed by atoms with E-state index in [2.05, 4.69) is 52.8 Å². The number of aliphatic hydroxyl groups is 1. The Labute approximate surface area is 169 Å². The Kier molecular flexibility index (Phi) is 4.18. The van der Waals surface area contributed by atoms with Crippen molar-refractivity contribution < 1.29 is 5.11 Å². The third-order valence-electron chi connectivity index (χ3n) is 4.78. The topological polar surface area (TPSA) is 104 Å². The van der Waals surface area contributed by atoms with Crippen molar-refractivity contribution in [3.05, 3.63) is 41.7 Å². The third kappa shape index (κ3) is 3.57. The quantitative estimate of drug-likeness (QED) is 0.385. The summed E-state index contributed by atoms with van der Waals surface area (Å²) in [5.74, 6) is 7.02.